The minimum Gasteiger partial charge on any atom is -0.497 e. The Kier molecular flexibility index (Phi) is 14.1. The SMILES string of the molecule is COc1ccn2c(-c3cc(Cl)ncn3)cnc2c1.COc1ccn2c(-c3cc(SC)ncn3)cnc2c1.COc1ccn2ccnc2c1.CSc1cc(Cl)ncn1. The Hall–Kier alpha value is -6.01. The first-order valence-corrected chi connectivity index (χ1v) is 19.9. The van der Waals surface area contributed by atoms with Crippen LogP contribution in [-0.2, 0) is 0 Å². The van der Waals surface area contributed by atoms with Crippen molar-refractivity contribution >= 4 is 63.7 Å². The lowest BCUT2D eigenvalue weighted by molar-refractivity contribution is 0.414. The van der Waals surface area contributed by atoms with Crippen LogP contribution in [0, 0.1) is 0 Å². The molecule has 0 atom stereocenters. The lowest BCUT2D eigenvalue weighted by Gasteiger charge is -2.04. The Morgan fingerprint density at radius 3 is 1.47 bits per heavy atom. The van der Waals surface area contributed by atoms with E-state index in [9.17, 15) is 0 Å². The number of pyridine rings is 3. The number of rotatable bonds is 7. The summed E-state index contributed by atoms with van der Waals surface area (Å²) < 4.78 is 21.2. The first-order valence-electron chi connectivity index (χ1n) is 16.7. The molecule has 0 saturated heterocycles. The zero-order valence-electron chi connectivity index (χ0n) is 31.1. The molecule has 0 aromatic carbocycles. The monoisotopic (exact) mass is 840 g/mol. The molecule has 19 heteroatoms. The lowest BCUT2D eigenvalue weighted by atomic mass is 10.3. The van der Waals surface area contributed by atoms with Crippen LogP contribution in [0.25, 0.3) is 39.7 Å². The van der Waals surface area contributed by atoms with Crippen LogP contribution in [0.2, 0.25) is 10.3 Å². The molecule has 9 aromatic rings. The van der Waals surface area contributed by atoms with E-state index in [4.69, 9.17) is 37.4 Å². The second-order valence-electron chi connectivity index (χ2n) is 11.2. The fraction of sp³-hybridized carbons (Fsp3) is 0.132. The van der Waals surface area contributed by atoms with E-state index in [1.807, 2.05) is 93.0 Å². The molecule has 0 aliphatic heterocycles. The van der Waals surface area contributed by atoms with Gasteiger partial charge in [0.25, 0.3) is 0 Å². The molecule has 0 aliphatic rings. The summed E-state index contributed by atoms with van der Waals surface area (Å²) in [5.41, 5.74) is 5.92. The Morgan fingerprint density at radius 2 is 0.965 bits per heavy atom. The highest BCUT2D eigenvalue weighted by atomic mass is 35.5. The van der Waals surface area contributed by atoms with Gasteiger partial charge in [0.15, 0.2) is 0 Å². The molecule has 290 valence electrons. The predicted octanol–water partition coefficient (Wildman–Crippen LogP) is 8.17. The Labute approximate surface area is 345 Å². The summed E-state index contributed by atoms with van der Waals surface area (Å²) in [5, 5.41) is 2.74. The summed E-state index contributed by atoms with van der Waals surface area (Å²) in [7, 11) is 4.92. The van der Waals surface area contributed by atoms with E-state index >= 15 is 0 Å². The molecular formula is C38H34Cl2N12O3S2. The van der Waals surface area contributed by atoms with Crippen LogP contribution in [0.5, 0.6) is 17.2 Å². The number of methoxy groups -OCH3 is 3. The third kappa shape index (κ3) is 10.4. The van der Waals surface area contributed by atoms with Crippen molar-refractivity contribution in [1.82, 2.24) is 58.1 Å². The largest absolute Gasteiger partial charge is 0.497 e. The molecule has 0 N–H and O–H groups in total. The third-order valence-corrected chi connectivity index (χ3v) is 9.57. The standard InChI is InChI=1S/C13H12N4OS.C12H9ClN4O.C8H8N2O.C5H5ClN2S/c1-18-9-3-4-17-11(7-14-12(17)5-9)10-6-13(19-2)16-8-15-10;1-18-8-2-3-17-10(6-14-12(17)4-8)9-5-11(13)16-7-15-9;1-11-7-2-4-10-5-3-9-8(10)6-7;1-9-5-2-4(6)7-3-8-5/h3-8H,1-2H3;2-7H,1H3;2-6H,1H3;2-3H,1H3. The van der Waals surface area contributed by atoms with Crippen LogP contribution >= 0.6 is 46.7 Å². The molecule has 9 aromatic heterocycles. The van der Waals surface area contributed by atoms with Gasteiger partial charge < -0.3 is 18.6 Å². The minimum absolute atomic E-state index is 0.406. The van der Waals surface area contributed by atoms with E-state index in [0.29, 0.717) is 10.3 Å². The molecule has 0 radical (unpaired) electrons. The van der Waals surface area contributed by atoms with Gasteiger partial charge in [-0.15, -0.1) is 23.5 Å². The highest BCUT2D eigenvalue weighted by molar-refractivity contribution is 7.98. The average molecular weight is 842 g/mol. The van der Waals surface area contributed by atoms with Gasteiger partial charge in [0, 0.05) is 61.3 Å². The van der Waals surface area contributed by atoms with Crippen LogP contribution in [-0.4, -0.2) is 91.9 Å². The van der Waals surface area contributed by atoms with E-state index in [-0.39, 0.29) is 0 Å². The molecular weight excluding hydrogens is 808 g/mol. The van der Waals surface area contributed by atoms with Crippen molar-refractivity contribution in [3.8, 4) is 40.0 Å². The highest BCUT2D eigenvalue weighted by Gasteiger charge is 2.10. The van der Waals surface area contributed by atoms with Crippen molar-refractivity contribution in [2.24, 2.45) is 0 Å². The summed E-state index contributed by atoms with van der Waals surface area (Å²) in [6.45, 7) is 0. The zero-order valence-corrected chi connectivity index (χ0v) is 34.3. The predicted molar refractivity (Wildman–Crippen MR) is 223 cm³/mol. The molecule has 0 unspecified atom stereocenters. The van der Waals surface area contributed by atoms with Crippen molar-refractivity contribution < 1.29 is 14.2 Å². The number of thioether (sulfide) groups is 2. The summed E-state index contributed by atoms with van der Waals surface area (Å²) in [4.78, 5) is 37.0. The van der Waals surface area contributed by atoms with Gasteiger partial charge in [0.1, 0.15) is 68.5 Å². The second-order valence-corrected chi connectivity index (χ2v) is 13.6. The van der Waals surface area contributed by atoms with Gasteiger partial charge >= 0.3 is 0 Å². The Bertz CT molecular complexity index is 2710. The number of halogens is 2. The van der Waals surface area contributed by atoms with Crippen molar-refractivity contribution in [2.45, 2.75) is 10.1 Å². The van der Waals surface area contributed by atoms with E-state index in [1.165, 1.54) is 12.7 Å². The average Bonchev–Trinajstić information content (AvgIpc) is 4.02. The quantitative estimate of drug-likeness (QED) is 0.112. The Balaban J connectivity index is 0.000000134. The fourth-order valence-corrected chi connectivity index (χ4v) is 6.19. The van der Waals surface area contributed by atoms with Gasteiger partial charge in [-0.2, -0.15) is 0 Å². The van der Waals surface area contributed by atoms with E-state index in [0.717, 1.165) is 67.0 Å². The van der Waals surface area contributed by atoms with Crippen molar-refractivity contribution in [3.63, 3.8) is 0 Å². The van der Waals surface area contributed by atoms with Crippen molar-refractivity contribution in [3.05, 3.63) is 127 Å². The van der Waals surface area contributed by atoms with Gasteiger partial charge in [-0.1, -0.05) is 23.2 Å². The van der Waals surface area contributed by atoms with Gasteiger partial charge in [0.2, 0.25) is 0 Å². The number of hydrogen-bond acceptors (Lipinski definition) is 14. The highest BCUT2D eigenvalue weighted by Crippen LogP contribution is 2.25. The number of hydrogen-bond donors (Lipinski definition) is 0. The fourth-order valence-electron chi connectivity index (χ4n) is 5.07. The molecule has 9 rings (SSSR count). The topological polar surface area (TPSA) is 157 Å². The maximum Gasteiger partial charge on any atom is 0.140 e. The van der Waals surface area contributed by atoms with Gasteiger partial charge in [-0.25, -0.2) is 44.9 Å². The number of aromatic nitrogens is 12. The zero-order chi connectivity index (χ0) is 40.1. The lowest BCUT2D eigenvalue weighted by Crippen LogP contribution is -1.93. The van der Waals surface area contributed by atoms with Crippen molar-refractivity contribution in [2.75, 3.05) is 33.8 Å². The number of ether oxygens (including phenoxy) is 3. The van der Waals surface area contributed by atoms with E-state index in [1.54, 1.807) is 81.9 Å². The second kappa shape index (κ2) is 19.7. The molecule has 57 heavy (non-hydrogen) atoms. The van der Waals surface area contributed by atoms with Gasteiger partial charge in [-0.3, -0.25) is 8.80 Å². The number of imidazole rings is 3. The molecule has 0 bridgehead atoms. The molecule has 0 aliphatic carbocycles. The van der Waals surface area contributed by atoms with Crippen molar-refractivity contribution in [1.29, 1.82) is 0 Å². The minimum atomic E-state index is 0.406. The first kappa shape index (κ1) is 40.6. The maximum absolute atomic E-state index is 5.86. The summed E-state index contributed by atoms with van der Waals surface area (Å²) in [6, 6.07) is 16.7. The normalized spacial score (nSPS) is 10.5. The number of fused-ring (bicyclic) bond motifs is 3. The summed E-state index contributed by atoms with van der Waals surface area (Å²) in [5.74, 6) is 2.39. The van der Waals surface area contributed by atoms with Crippen LogP contribution in [0.3, 0.4) is 0 Å². The van der Waals surface area contributed by atoms with Crippen LogP contribution in [0.1, 0.15) is 0 Å². The first-order chi connectivity index (χ1) is 27.8. The molecule has 0 saturated carbocycles. The van der Waals surface area contributed by atoms with Gasteiger partial charge in [0.05, 0.1) is 61.5 Å². The van der Waals surface area contributed by atoms with E-state index in [2.05, 4.69) is 44.9 Å². The third-order valence-electron chi connectivity index (χ3n) is 7.87. The van der Waals surface area contributed by atoms with E-state index < -0.39 is 0 Å². The molecule has 9 heterocycles. The van der Waals surface area contributed by atoms with Crippen LogP contribution in [0.4, 0.5) is 0 Å². The maximum atomic E-state index is 5.86. The molecule has 15 nitrogen and oxygen atoms in total. The van der Waals surface area contributed by atoms with Crippen LogP contribution in [0.15, 0.2) is 127 Å². The molecule has 0 fully saturated rings. The summed E-state index contributed by atoms with van der Waals surface area (Å²) >= 11 is 14.6. The van der Waals surface area contributed by atoms with Gasteiger partial charge in [-0.05, 0) is 36.8 Å². The number of nitrogens with zero attached hydrogens (tertiary/aromatic N) is 12. The smallest absolute Gasteiger partial charge is 0.140 e. The summed E-state index contributed by atoms with van der Waals surface area (Å²) in [6.07, 6.45) is 21.3. The van der Waals surface area contributed by atoms with Crippen LogP contribution < -0.4 is 14.2 Å². The Morgan fingerprint density at radius 1 is 0.491 bits per heavy atom. The molecule has 0 amide bonds. The molecule has 0 spiro atoms.